The molecule has 0 aliphatic heterocycles. The highest BCUT2D eigenvalue weighted by molar-refractivity contribution is 4.94. The van der Waals surface area contributed by atoms with E-state index in [2.05, 4.69) is 0 Å². The minimum absolute atomic E-state index is 0.0291. The Hall–Kier alpha value is -2.04. The maximum atomic E-state index is 12.0. The minimum atomic E-state index is -0.0350. The Morgan fingerprint density at radius 2 is 1.78 bits per heavy atom. The van der Waals surface area contributed by atoms with E-state index in [1.54, 1.807) is 32.2 Å². The Balaban J connectivity index is 1.76. The van der Waals surface area contributed by atoms with Gasteiger partial charge in [-0.25, -0.2) is 4.79 Å². The number of imidazole rings is 1. The van der Waals surface area contributed by atoms with Crippen LogP contribution in [0.1, 0.15) is 18.9 Å². The van der Waals surface area contributed by atoms with Gasteiger partial charge in [-0.15, -0.1) is 0 Å². The summed E-state index contributed by atoms with van der Waals surface area (Å²) in [5, 5.41) is 0. The summed E-state index contributed by atoms with van der Waals surface area (Å²) in [6, 6.07) is 5.46. The van der Waals surface area contributed by atoms with E-state index < -0.39 is 0 Å². The van der Waals surface area contributed by atoms with E-state index in [1.165, 1.54) is 6.07 Å². The molecule has 1 saturated carbocycles. The van der Waals surface area contributed by atoms with Gasteiger partial charge in [-0.3, -0.25) is 13.9 Å². The van der Waals surface area contributed by atoms with E-state index in [9.17, 15) is 9.59 Å². The summed E-state index contributed by atoms with van der Waals surface area (Å²) in [5.74, 6) is 0. The molecule has 0 atom stereocenters. The monoisotopic (exact) mass is 245 g/mol. The van der Waals surface area contributed by atoms with Crippen LogP contribution in [0.25, 0.3) is 0 Å². The van der Waals surface area contributed by atoms with Crippen LogP contribution >= 0.6 is 0 Å². The van der Waals surface area contributed by atoms with Gasteiger partial charge in [0.1, 0.15) is 0 Å². The van der Waals surface area contributed by atoms with Crippen molar-refractivity contribution < 1.29 is 0 Å². The van der Waals surface area contributed by atoms with Gasteiger partial charge in [0.05, 0.1) is 0 Å². The fraction of sp³-hybridized carbons (Fsp3) is 0.385. The molecule has 1 aliphatic carbocycles. The predicted molar refractivity (Wildman–Crippen MR) is 67.7 cm³/mol. The number of aromatic nitrogens is 3. The van der Waals surface area contributed by atoms with Gasteiger partial charge < -0.3 is 4.57 Å². The molecular weight excluding hydrogens is 230 g/mol. The third-order valence-electron chi connectivity index (χ3n) is 3.29. The van der Waals surface area contributed by atoms with E-state index in [0.29, 0.717) is 19.1 Å². The second-order valence-electron chi connectivity index (χ2n) is 4.64. The summed E-state index contributed by atoms with van der Waals surface area (Å²) in [6.45, 7) is 1.05. The molecule has 1 aliphatic rings. The number of hydrogen-bond donors (Lipinski definition) is 0. The SMILES string of the molecule is O=c1ccccn1CCn1ccn(C2CC2)c1=O. The molecule has 94 valence electrons. The van der Waals surface area contributed by atoms with Gasteiger partial charge >= 0.3 is 5.69 Å². The molecule has 18 heavy (non-hydrogen) atoms. The summed E-state index contributed by atoms with van der Waals surface area (Å²) in [6.07, 6.45) is 7.58. The lowest BCUT2D eigenvalue weighted by molar-refractivity contribution is 0.540. The first kappa shape index (κ1) is 11.1. The van der Waals surface area contributed by atoms with Crippen LogP contribution in [-0.2, 0) is 13.1 Å². The molecule has 0 radical (unpaired) electrons. The summed E-state index contributed by atoms with van der Waals surface area (Å²) in [5.41, 5.74) is -0.00588. The number of pyridine rings is 1. The summed E-state index contributed by atoms with van der Waals surface area (Å²) >= 11 is 0. The van der Waals surface area contributed by atoms with Crippen molar-refractivity contribution in [1.29, 1.82) is 0 Å². The fourth-order valence-electron chi connectivity index (χ4n) is 2.09. The Morgan fingerprint density at radius 1 is 1.00 bits per heavy atom. The fourth-order valence-corrected chi connectivity index (χ4v) is 2.09. The highest BCUT2D eigenvalue weighted by Gasteiger charge is 2.25. The first-order chi connectivity index (χ1) is 8.75. The van der Waals surface area contributed by atoms with E-state index in [4.69, 9.17) is 0 Å². The van der Waals surface area contributed by atoms with E-state index >= 15 is 0 Å². The molecule has 3 rings (SSSR count). The Kier molecular flexibility index (Phi) is 2.66. The van der Waals surface area contributed by atoms with Crippen molar-refractivity contribution >= 4 is 0 Å². The Bertz CT molecular complexity index is 661. The molecule has 0 N–H and O–H groups in total. The molecular formula is C13H15N3O2. The van der Waals surface area contributed by atoms with Crippen molar-refractivity contribution in [3.05, 3.63) is 57.6 Å². The standard InChI is InChI=1S/C13H15N3O2/c17-12-3-1-2-6-14(12)7-8-15-9-10-16(13(15)18)11-4-5-11/h1-3,6,9-11H,4-5,7-8H2. The lowest BCUT2D eigenvalue weighted by atomic mass is 10.4. The summed E-state index contributed by atoms with van der Waals surface area (Å²) in [7, 11) is 0. The molecule has 2 heterocycles. The minimum Gasteiger partial charge on any atom is -0.314 e. The number of aryl methyl sites for hydroxylation is 2. The average Bonchev–Trinajstić information content (AvgIpc) is 3.14. The maximum absolute atomic E-state index is 12.0. The van der Waals surface area contributed by atoms with Crippen molar-refractivity contribution in [2.45, 2.75) is 32.0 Å². The molecule has 2 aromatic heterocycles. The topological polar surface area (TPSA) is 48.9 Å². The van der Waals surface area contributed by atoms with Crippen molar-refractivity contribution in [2.75, 3.05) is 0 Å². The smallest absolute Gasteiger partial charge is 0.314 e. The van der Waals surface area contributed by atoms with Crippen LogP contribution in [-0.4, -0.2) is 13.7 Å². The molecule has 0 saturated heterocycles. The predicted octanol–water partition coefficient (Wildman–Crippen LogP) is 0.847. The second-order valence-corrected chi connectivity index (χ2v) is 4.64. The molecule has 0 bridgehead atoms. The third kappa shape index (κ3) is 2.03. The van der Waals surface area contributed by atoms with E-state index in [0.717, 1.165) is 12.8 Å². The number of nitrogens with zero attached hydrogens (tertiary/aromatic N) is 3. The maximum Gasteiger partial charge on any atom is 0.328 e. The third-order valence-corrected chi connectivity index (χ3v) is 3.29. The van der Waals surface area contributed by atoms with E-state index in [1.807, 2.05) is 12.3 Å². The van der Waals surface area contributed by atoms with Gasteiger partial charge in [-0.05, 0) is 18.9 Å². The van der Waals surface area contributed by atoms with Crippen LogP contribution in [0.5, 0.6) is 0 Å². The summed E-state index contributed by atoms with van der Waals surface area (Å²) in [4.78, 5) is 23.5. The molecule has 5 nitrogen and oxygen atoms in total. The molecule has 2 aromatic rings. The van der Waals surface area contributed by atoms with Gasteiger partial charge in [0.2, 0.25) is 0 Å². The first-order valence-electron chi connectivity index (χ1n) is 6.18. The summed E-state index contributed by atoms with van der Waals surface area (Å²) < 4.78 is 5.06. The molecule has 1 fully saturated rings. The normalized spacial score (nSPS) is 14.9. The molecule has 0 aromatic carbocycles. The average molecular weight is 245 g/mol. The second kappa shape index (κ2) is 4.33. The van der Waals surface area contributed by atoms with Gasteiger partial charge in [-0.2, -0.15) is 0 Å². The van der Waals surface area contributed by atoms with Crippen molar-refractivity contribution in [2.24, 2.45) is 0 Å². The molecule has 0 unspecified atom stereocenters. The van der Waals surface area contributed by atoms with Gasteiger partial charge in [0.25, 0.3) is 5.56 Å². The van der Waals surface area contributed by atoms with Gasteiger partial charge in [-0.1, -0.05) is 6.07 Å². The zero-order chi connectivity index (χ0) is 12.5. The number of hydrogen-bond acceptors (Lipinski definition) is 2. The highest BCUT2D eigenvalue weighted by Crippen LogP contribution is 2.33. The van der Waals surface area contributed by atoms with Crippen LogP contribution in [0.2, 0.25) is 0 Å². The zero-order valence-electron chi connectivity index (χ0n) is 10.0. The van der Waals surface area contributed by atoms with Gasteiger partial charge in [0.15, 0.2) is 0 Å². The van der Waals surface area contributed by atoms with Crippen LogP contribution in [0.15, 0.2) is 46.4 Å². The first-order valence-corrected chi connectivity index (χ1v) is 6.18. The quantitative estimate of drug-likeness (QED) is 0.801. The molecule has 5 heteroatoms. The van der Waals surface area contributed by atoms with Crippen molar-refractivity contribution in [3.63, 3.8) is 0 Å². The van der Waals surface area contributed by atoms with Crippen molar-refractivity contribution in [3.8, 4) is 0 Å². The highest BCUT2D eigenvalue weighted by atomic mass is 16.2. The zero-order valence-corrected chi connectivity index (χ0v) is 10.0. The molecule has 0 amide bonds. The lowest BCUT2D eigenvalue weighted by Crippen LogP contribution is -2.27. The van der Waals surface area contributed by atoms with Crippen LogP contribution in [0.4, 0.5) is 0 Å². The van der Waals surface area contributed by atoms with Crippen molar-refractivity contribution in [1.82, 2.24) is 13.7 Å². The van der Waals surface area contributed by atoms with E-state index in [-0.39, 0.29) is 11.2 Å². The van der Waals surface area contributed by atoms with Gasteiger partial charge in [0, 0.05) is 43.8 Å². The largest absolute Gasteiger partial charge is 0.328 e. The Labute approximate surface area is 104 Å². The Morgan fingerprint density at radius 3 is 2.50 bits per heavy atom. The van der Waals surface area contributed by atoms with Crippen LogP contribution in [0, 0.1) is 0 Å². The van der Waals surface area contributed by atoms with Crippen LogP contribution < -0.4 is 11.2 Å². The lowest BCUT2D eigenvalue weighted by Gasteiger charge is -2.05. The number of rotatable bonds is 4. The molecule has 0 spiro atoms. The van der Waals surface area contributed by atoms with Crippen LogP contribution in [0.3, 0.4) is 0 Å².